The number of fused-ring (bicyclic) bond motifs is 1. The third kappa shape index (κ3) is 4.12. The van der Waals surface area contributed by atoms with Gasteiger partial charge in [-0.05, 0) is 31.2 Å². The molecule has 0 radical (unpaired) electrons. The van der Waals surface area contributed by atoms with E-state index in [1.165, 1.54) is 12.1 Å². The second-order valence-corrected chi connectivity index (χ2v) is 8.52. The van der Waals surface area contributed by atoms with E-state index >= 15 is 0 Å². The molecular weight excluding hydrogens is 382 g/mol. The van der Waals surface area contributed by atoms with Gasteiger partial charge in [0.2, 0.25) is 0 Å². The molecule has 28 heavy (non-hydrogen) atoms. The minimum absolute atomic E-state index is 0.0806. The van der Waals surface area contributed by atoms with E-state index in [-0.39, 0.29) is 30.2 Å². The number of rotatable bonds is 7. The summed E-state index contributed by atoms with van der Waals surface area (Å²) in [7, 11) is -3.59. The first-order valence-electron chi connectivity index (χ1n) is 8.70. The fraction of sp³-hybridized carbons (Fsp3) is 0.250. The van der Waals surface area contributed by atoms with Crippen LogP contribution in [0.5, 0.6) is 0 Å². The van der Waals surface area contributed by atoms with Gasteiger partial charge in [0.25, 0.3) is 11.8 Å². The number of hydrogen-bond donors (Lipinski definition) is 0. The van der Waals surface area contributed by atoms with Crippen molar-refractivity contribution in [3.8, 4) is 0 Å². The summed E-state index contributed by atoms with van der Waals surface area (Å²) in [6.07, 6.45) is -0.307. The van der Waals surface area contributed by atoms with Gasteiger partial charge in [-0.3, -0.25) is 19.3 Å². The molecule has 0 saturated carbocycles. The maximum absolute atomic E-state index is 12.2. The van der Waals surface area contributed by atoms with E-state index in [4.69, 9.17) is 4.74 Å². The number of carbonyl (C=O) groups excluding carboxylic acids is 3. The Morgan fingerprint density at radius 1 is 0.964 bits per heavy atom. The number of carbonyl (C=O) groups is 3. The lowest BCUT2D eigenvalue weighted by Gasteiger charge is -2.13. The highest BCUT2D eigenvalue weighted by molar-refractivity contribution is 7.91. The van der Waals surface area contributed by atoms with Crippen LogP contribution in [0.4, 0.5) is 0 Å². The summed E-state index contributed by atoms with van der Waals surface area (Å²) in [4.78, 5) is 37.4. The second-order valence-electron chi connectivity index (χ2n) is 6.41. The van der Waals surface area contributed by atoms with E-state index in [0.717, 1.165) is 10.5 Å². The summed E-state index contributed by atoms with van der Waals surface area (Å²) in [5.74, 6) is -1.94. The Morgan fingerprint density at radius 3 is 2.11 bits per heavy atom. The van der Waals surface area contributed by atoms with E-state index in [1.54, 1.807) is 36.4 Å². The van der Waals surface area contributed by atoms with Gasteiger partial charge in [-0.2, -0.15) is 0 Å². The summed E-state index contributed by atoms with van der Waals surface area (Å²) in [5.41, 5.74) is 1.58. The Kier molecular flexibility index (Phi) is 5.60. The predicted molar refractivity (Wildman–Crippen MR) is 101 cm³/mol. The molecule has 8 heteroatoms. The van der Waals surface area contributed by atoms with Crippen molar-refractivity contribution in [1.82, 2.24) is 4.90 Å². The van der Waals surface area contributed by atoms with Gasteiger partial charge in [-0.15, -0.1) is 0 Å². The summed E-state index contributed by atoms with van der Waals surface area (Å²) in [6.45, 7) is 1.58. The van der Waals surface area contributed by atoms with Crippen LogP contribution in [0.2, 0.25) is 0 Å². The Balaban J connectivity index is 1.48. The molecule has 0 aliphatic carbocycles. The lowest BCUT2D eigenvalue weighted by molar-refractivity contribution is -0.143. The summed E-state index contributed by atoms with van der Waals surface area (Å²) < 4.78 is 29.5. The number of benzene rings is 2. The molecule has 146 valence electrons. The van der Waals surface area contributed by atoms with Gasteiger partial charge in [0.1, 0.15) is 6.61 Å². The standard InChI is InChI=1S/C20H19NO6S/c1-14-6-8-15(9-7-14)28(25,26)13-10-18(22)27-12-11-21-19(23)16-4-2-3-5-17(16)20(21)24/h2-9H,10-13H2,1H3. The minimum atomic E-state index is -3.59. The molecule has 1 heterocycles. The average Bonchev–Trinajstić information content (AvgIpc) is 2.92. The van der Waals surface area contributed by atoms with Crippen LogP contribution in [0, 0.1) is 6.92 Å². The first-order chi connectivity index (χ1) is 13.3. The van der Waals surface area contributed by atoms with E-state index < -0.39 is 27.6 Å². The van der Waals surface area contributed by atoms with Crippen molar-refractivity contribution < 1.29 is 27.5 Å². The van der Waals surface area contributed by atoms with Gasteiger partial charge >= 0.3 is 5.97 Å². The molecule has 0 aromatic heterocycles. The van der Waals surface area contributed by atoms with Crippen LogP contribution in [0.15, 0.2) is 53.4 Å². The molecule has 1 aliphatic heterocycles. The predicted octanol–water partition coefficient (Wildman–Crippen LogP) is 2.00. The van der Waals surface area contributed by atoms with Crippen molar-refractivity contribution >= 4 is 27.6 Å². The Hall–Kier alpha value is -3.00. The Bertz CT molecular complexity index is 992. The SMILES string of the molecule is Cc1ccc(S(=O)(=O)CCC(=O)OCCN2C(=O)c3ccccc3C2=O)cc1. The zero-order valence-corrected chi connectivity index (χ0v) is 16.1. The number of sulfone groups is 1. The largest absolute Gasteiger partial charge is 0.464 e. The van der Waals surface area contributed by atoms with Crippen molar-refractivity contribution in [2.75, 3.05) is 18.9 Å². The normalized spacial score (nSPS) is 13.5. The van der Waals surface area contributed by atoms with Gasteiger partial charge in [0, 0.05) is 0 Å². The van der Waals surface area contributed by atoms with Crippen LogP contribution in [-0.4, -0.2) is 50.0 Å². The molecule has 0 unspecified atom stereocenters. The number of amides is 2. The van der Waals surface area contributed by atoms with Crippen molar-refractivity contribution in [3.63, 3.8) is 0 Å². The first-order valence-corrected chi connectivity index (χ1v) is 10.3. The molecule has 0 spiro atoms. The molecule has 2 amide bonds. The van der Waals surface area contributed by atoms with Crippen LogP contribution in [-0.2, 0) is 19.4 Å². The maximum atomic E-state index is 12.2. The summed E-state index contributed by atoms with van der Waals surface area (Å²) in [6, 6.07) is 12.8. The van der Waals surface area contributed by atoms with Crippen LogP contribution in [0.1, 0.15) is 32.7 Å². The van der Waals surface area contributed by atoms with E-state index in [9.17, 15) is 22.8 Å². The molecule has 7 nitrogen and oxygen atoms in total. The van der Waals surface area contributed by atoms with Crippen molar-refractivity contribution in [2.45, 2.75) is 18.2 Å². The third-order valence-corrected chi connectivity index (χ3v) is 6.14. The molecule has 1 aliphatic rings. The first kappa shape index (κ1) is 19.8. The molecule has 0 bridgehead atoms. The number of imide groups is 1. The van der Waals surface area contributed by atoms with Gasteiger partial charge < -0.3 is 4.74 Å². The molecule has 0 saturated heterocycles. The summed E-state index contributed by atoms with van der Waals surface area (Å²) >= 11 is 0. The van der Waals surface area contributed by atoms with E-state index in [1.807, 2.05) is 6.92 Å². The number of hydrogen-bond acceptors (Lipinski definition) is 6. The number of nitrogens with zero attached hydrogens (tertiary/aromatic N) is 1. The van der Waals surface area contributed by atoms with Gasteiger partial charge in [0.15, 0.2) is 9.84 Å². The zero-order valence-electron chi connectivity index (χ0n) is 15.3. The average molecular weight is 401 g/mol. The molecular formula is C20H19NO6S. The van der Waals surface area contributed by atoms with Crippen LogP contribution >= 0.6 is 0 Å². The molecule has 3 rings (SSSR count). The zero-order chi connectivity index (χ0) is 20.3. The molecule has 2 aromatic carbocycles. The molecule has 0 atom stereocenters. The van der Waals surface area contributed by atoms with E-state index in [2.05, 4.69) is 0 Å². The van der Waals surface area contributed by atoms with E-state index in [0.29, 0.717) is 11.1 Å². The molecule has 0 N–H and O–H groups in total. The van der Waals surface area contributed by atoms with Gasteiger partial charge in [-0.25, -0.2) is 8.42 Å². The molecule has 2 aromatic rings. The number of ether oxygens (including phenoxy) is 1. The van der Waals surface area contributed by atoms with Crippen LogP contribution in [0.25, 0.3) is 0 Å². The quantitative estimate of drug-likeness (QED) is 0.520. The maximum Gasteiger partial charge on any atom is 0.306 e. The van der Waals surface area contributed by atoms with Crippen LogP contribution in [0.3, 0.4) is 0 Å². The van der Waals surface area contributed by atoms with Crippen LogP contribution < -0.4 is 0 Å². The highest BCUT2D eigenvalue weighted by atomic mass is 32.2. The smallest absolute Gasteiger partial charge is 0.306 e. The number of aryl methyl sites for hydroxylation is 1. The lowest BCUT2D eigenvalue weighted by Crippen LogP contribution is -2.33. The minimum Gasteiger partial charge on any atom is -0.464 e. The fourth-order valence-electron chi connectivity index (χ4n) is 2.85. The Morgan fingerprint density at radius 2 is 1.54 bits per heavy atom. The van der Waals surface area contributed by atoms with Gasteiger partial charge in [-0.1, -0.05) is 29.8 Å². The van der Waals surface area contributed by atoms with Gasteiger partial charge in [0.05, 0.1) is 34.7 Å². The summed E-state index contributed by atoms with van der Waals surface area (Å²) in [5, 5.41) is 0. The highest BCUT2D eigenvalue weighted by Crippen LogP contribution is 2.22. The van der Waals surface area contributed by atoms with Crippen molar-refractivity contribution in [1.29, 1.82) is 0 Å². The second kappa shape index (κ2) is 7.93. The third-order valence-electron chi connectivity index (χ3n) is 4.41. The molecule has 0 fully saturated rings. The topological polar surface area (TPSA) is 97.8 Å². The van der Waals surface area contributed by atoms with Crippen molar-refractivity contribution in [2.24, 2.45) is 0 Å². The lowest BCUT2D eigenvalue weighted by atomic mass is 10.1. The van der Waals surface area contributed by atoms with Crippen molar-refractivity contribution in [3.05, 3.63) is 65.2 Å². The highest BCUT2D eigenvalue weighted by Gasteiger charge is 2.34. The Labute approximate surface area is 162 Å². The number of esters is 1. The fourth-order valence-corrected chi connectivity index (χ4v) is 4.07. The monoisotopic (exact) mass is 401 g/mol.